The molecule has 0 aromatic heterocycles. The Morgan fingerprint density at radius 2 is 1.81 bits per heavy atom. The summed E-state index contributed by atoms with van der Waals surface area (Å²) in [5.41, 5.74) is 4.40. The van der Waals surface area contributed by atoms with Gasteiger partial charge in [0.05, 0.1) is 9.82 Å². The summed E-state index contributed by atoms with van der Waals surface area (Å²) in [5.74, 6) is 0.419. The number of nitrogens with zero attached hydrogens (tertiary/aromatic N) is 2. The van der Waals surface area contributed by atoms with Crippen LogP contribution in [0.3, 0.4) is 0 Å². The van der Waals surface area contributed by atoms with Gasteiger partial charge in [-0.2, -0.15) is 0 Å². The first-order valence-electron chi connectivity index (χ1n) is 12.4. The van der Waals surface area contributed by atoms with E-state index in [0.717, 1.165) is 42.1 Å². The molecule has 0 atom stereocenters. The van der Waals surface area contributed by atoms with Gasteiger partial charge < -0.3 is 5.32 Å². The maximum atomic E-state index is 12.0. The molecule has 188 valence electrons. The van der Waals surface area contributed by atoms with Gasteiger partial charge in [0.2, 0.25) is 5.91 Å². The van der Waals surface area contributed by atoms with Crippen LogP contribution in [-0.2, 0) is 11.3 Å². The van der Waals surface area contributed by atoms with E-state index >= 15 is 0 Å². The number of likely N-dealkylation sites (tertiary alicyclic amines) is 1. The number of nitro benzene ring substituents is 1. The third-order valence-electron chi connectivity index (χ3n) is 6.61. The van der Waals surface area contributed by atoms with E-state index < -0.39 is 0 Å². The molecule has 0 bridgehead atoms. The number of rotatable bonds is 8. The van der Waals surface area contributed by atoms with Crippen LogP contribution in [0, 0.1) is 23.0 Å². The molecule has 1 fully saturated rings. The van der Waals surface area contributed by atoms with Crippen molar-refractivity contribution >= 4 is 29.0 Å². The van der Waals surface area contributed by atoms with Crippen LogP contribution in [0.1, 0.15) is 49.3 Å². The zero-order valence-corrected chi connectivity index (χ0v) is 21.9. The summed E-state index contributed by atoms with van der Waals surface area (Å²) in [6.07, 6.45) is 2.04. The number of anilines is 1. The van der Waals surface area contributed by atoms with E-state index in [1.54, 1.807) is 6.07 Å². The Kier molecular flexibility index (Phi) is 8.44. The molecule has 7 heteroatoms. The molecule has 1 aliphatic heterocycles. The molecular formula is C29H33N3O3S. The second kappa shape index (κ2) is 11.7. The average molecular weight is 504 g/mol. The third-order valence-corrected chi connectivity index (χ3v) is 7.69. The van der Waals surface area contributed by atoms with E-state index in [2.05, 4.69) is 22.3 Å². The lowest BCUT2D eigenvalue weighted by molar-refractivity contribution is -0.387. The molecule has 1 amide bonds. The number of hydrogen-bond acceptors (Lipinski definition) is 5. The van der Waals surface area contributed by atoms with Crippen LogP contribution >= 0.6 is 11.8 Å². The van der Waals surface area contributed by atoms with Crippen molar-refractivity contribution in [1.29, 1.82) is 0 Å². The summed E-state index contributed by atoms with van der Waals surface area (Å²) in [5, 5.41) is 14.8. The van der Waals surface area contributed by atoms with Gasteiger partial charge in [-0.15, -0.1) is 0 Å². The first kappa shape index (κ1) is 25.9. The number of nitrogens with one attached hydrogen (secondary N) is 1. The Balaban J connectivity index is 1.37. The highest BCUT2D eigenvalue weighted by Crippen LogP contribution is 2.36. The molecule has 1 saturated heterocycles. The van der Waals surface area contributed by atoms with E-state index in [9.17, 15) is 14.9 Å². The van der Waals surface area contributed by atoms with Crippen molar-refractivity contribution < 1.29 is 9.72 Å². The van der Waals surface area contributed by atoms with Crippen molar-refractivity contribution in [2.24, 2.45) is 5.92 Å². The molecule has 36 heavy (non-hydrogen) atoms. The highest BCUT2D eigenvalue weighted by atomic mass is 32.2. The maximum absolute atomic E-state index is 12.0. The normalized spacial score (nSPS) is 14.7. The van der Waals surface area contributed by atoms with Gasteiger partial charge in [0.15, 0.2) is 0 Å². The number of benzene rings is 3. The molecule has 4 rings (SSSR count). The minimum absolute atomic E-state index is 0.0272. The number of hydrogen-bond donors (Lipinski definition) is 1. The molecule has 1 N–H and O–H groups in total. The van der Waals surface area contributed by atoms with Gasteiger partial charge in [0, 0.05) is 29.1 Å². The number of amides is 1. The summed E-state index contributed by atoms with van der Waals surface area (Å²) >= 11 is 1.43. The van der Waals surface area contributed by atoms with Crippen molar-refractivity contribution in [2.45, 2.75) is 55.9 Å². The summed E-state index contributed by atoms with van der Waals surface area (Å²) in [4.78, 5) is 27.6. The fraction of sp³-hybridized carbons (Fsp3) is 0.345. The number of piperidine rings is 1. The van der Waals surface area contributed by atoms with Gasteiger partial charge in [0.25, 0.3) is 5.69 Å². The van der Waals surface area contributed by atoms with Gasteiger partial charge in [-0.1, -0.05) is 61.5 Å². The van der Waals surface area contributed by atoms with Crippen molar-refractivity contribution in [3.63, 3.8) is 0 Å². The second-order valence-corrected chi connectivity index (χ2v) is 10.9. The molecule has 0 spiro atoms. The smallest absolute Gasteiger partial charge is 0.283 e. The number of carbonyl (C=O) groups is 1. The largest absolute Gasteiger partial charge is 0.326 e. The summed E-state index contributed by atoms with van der Waals surface area (Å²) in [6.45, 7) is 8.37. The predicted molar refractivity (Wildman–Crippen MR) is 146 cm³/mol. The summed E-state index contributed by atoms with van der Waals surface area (Å²) in [7, 11) is 0. The topological polar surface area (TPSA) is 75.5 Å². The van der Waals surface area contributed by atoms with Crippen molar-refractivity contribution in [3.05, 3.63) is 93.5 Å². The quantitative estimate of drug-likeness (QED) is 0.264. The third kappa shape index (κ3) is 6.74. The van der Waals surface area contributed by atoms with Gasteiger partial charge >= 0.3 is 0 Å². The minimum Gasteiger partial charge on any atom is -0.326 e. The van der Waals surface area contributed by atoms with Crippen LogP contribution in [0.15, 0.2) is 76.5 Å². The zero-order chi connectivity index (χ0) is 25.7. The Morgan fingerprint density at radius 1 is 1.08 bits per heavy atom. The molecule has 3 aromatic carbocycles. The van der Waals surface area contributed by atoms with Gasteiger partial charge in [-0.05, 0) is 80.2 Å². The van der Waals surface area contributed by atoms with Gasteiger partial charge in [0.1, 0.15) is 0 Å². The van der Waals surface area contributed by atoms with Crippen molar-refractivity contribution in [2.75, 3.05) is 18.4 Å². The van der Waals surface area contributed by atoms with Crippen LogP contribution in [-0.4, -0.2) is 28.8 Å². The van der Waals surface area contributed by atoms with Gasteiger partial charge in [-0.25, -0.2) is 0 Å². The lowest BCUT2D eigenvalue weighted by atomic mass is 9.89. The van der Waals surface area contributed by atoms with E-state index in [1.165, 1.54) is 22.9 Å². The predicted octanol–water partition coefficient (Wildman–Crippen LogP) is 7.03. The fourth-order valence-electron chi connectivity index (χ4n) is 4.46. The monoisotopic (exact) mass is 503 g/mol. The first-order valence-corrected chi connectivity index (χ1v) is 13.2. The van der Waals surface area contributed by atoms with Crippen LogP contribution in [0.25, 0.3) is 0 Å². The van der Waals surface area contributed by atoms with Gasteiger partial charge in [-0.3, -0.25) is 19.8 Å². The fourth-order valence-corrected chi connectivity index (χ4v) is 5.36. The SMILES string of the molecule is Cc1ccc(Sc2ccc(CN3CCC(c4cccc(NC(=O)C(C)C)c4)CC3)cc2[N+](=O)[O-])cc1. The molecule has 1 heterocycles. The molecule has 0 radical (unpaired) electrons. The Hall–Kier alpha value is -3.16. The number of nitro groups is 1. The molecule has 0 unspecified atom stereocenters. The second-order valence-electron chi connectivity index (χ2n) is 9.79. The Labute approximate surface area is 217 Å². The Bertz CT molecular complexity index is 1220. The minimum atomic E-state index is -0.280. The molecule has 3 aromatic rings. The highest BCUT2D eigenvalue weighted by Gasteiger charge is 2.23. The molecule has 6 nitrogen and oxygen atoms in total. The average Bonchev–Trinajstić information content (AvgIpc) is 2.86. The van der Waals surface area contributed by atoms with Crippen LogP contribution < -0.4 is 5.32 Å². The lowest BCUT2D eigenvalue weighted by Crippen LogP contribution is -2.32. The van der Waals surface area contributed by atoms with Crippen molar-refractivity contribution in [1.82, 2.24) is 4.90 Å². The standard InChI is InChI=1S/C29H33N3O3S/c1-20(2)29(33)30-25-6-4-5-24(18-25)23-13-15-31(16-14-23)19-22-9-12-28(27(17-22)32(34)35)36-26-10-7-21(3)8-11-26/h4-12,17-18,20,23H,13-16,19H2,1-3H3,(H,30,33). The van der Waals surface area contributed by atoms with Crippen molar-refractivity contribution in [3.8, 4) is 0 Å². The molecular weight excluding hydrogens is 470 g/mol. The van der Waals surface area contributed by atoms with Crippen LogP contribution in [0.2, 0.25) is 0 Å². The summed E-state index contributed by atoms with van der Waals surface area (Å²) in [6, 6.07) is 21.8. The molecule has 0 aliphatic carbocycles. The van der Waals surface area contributed by atoms with Crippen LogP contribution in [0.4, 0.5) is 11.4 Å². The maximum Gasteiger partial charge on any atom is 0.283 e. The molecule has 0 saturated carbocycles. The van der Waals surface area contributed by atoms with E-state index in [0.29, 0.717) is 17.4 Å². The van der Waals surface area contributed by atoms with E-state index in [-0.39, 0.29) is 22.4 Å². The summed E-state index contributed by atoms with van der Waals surface area (Å²) < 4.78 is 0. The van der Waals surface area contributed by atoms with E-state index in [1.807, 2.05) is 69.3 Å². The number of carbonyl (C=O) groups excluding carboxylic acids is 1. The first-order chi connectivity index (χ1) is 17.3. The highest BCUT2D eigenvalue weighted by molar-refractivity contribution is 7.99. The Morgan fingerprint density at radius 3 is 2.47 bits per heavy atom. The van der Waals surface area contributed by atoms with Crippen LogP contribution in [0.5, 0.6) is 0 Å². The molecule has 1 aliphatic rings. The lowest BCUT2D eigenvalue weighted by Gasteiger charge is -2.32. The number of aryl methyl sites for hydroxylation is 1. The van der Waals surface area contributed by atoms with E-state index in [4.69, 9.17) is 0 Å². The zero-order valence-electron chi connectivity index (χ0n) is 21.1.